The van der Waals surface area contributed by atoms with E-state index in [0.29, 0.717) is 40.0 Å². The molecule has 0 saturated carbocycles. The fourth-order valence-corrected chi connectivity index (χ4v) is 5.61. The Kier molecular flexibility index (Phi) is 10.5. The van der Waals surface area contributed by atoms with E-state index in [1.807, 2.05) is 5.32 Å². The number of aromatic nitrogens is 2. The number of halogens is 5. The molecular weight excluding hydrogens is 655 g/mol. The molecule has 3 amide bonds. The largest absolute Gasteiger partial charge is 0.448 e. The Bertz CT molecular complexity index is 1920. The van der Waals surface area contributed by atoms with Gasteiger partial charge in [0.2, 0.25) is 5.95 Å². The van der Waals surface area contributed by atoms with Gasteiger partial charge in [-0.15, -0.1) is 16.1 Å². The van der Waals surface area contributed by atoms with Crippen LogP contribution in [0.3, 0.4) is 0 Å². The molecule has 242 valence electrons. The Morgan fingerprint density at radius 3 is 2.41 bits per heavy atom. The summed E-state index contributed by atoms with van der Waals surface area (Å²) in [4.78, 5) is 33.1. The van der Waals surface area contributed by atoms with Crippen LogP contribution in [0.15, 0.2) is 81.1 Å². The molecule has 10 nitrogen and oxygen atoms in total. The van der Waals surface area contributed by atoms with Crippen molar-refractivity contribution in [1.82, 2.24) is 9.97 Å². The average molecular weight is 681 g/mol. The standard InChI is InChI=1S/C29H25F5N6O4S2/c1-4-44-28(42)40-46(3,43)19-7-5-6-18(14-19)36-26-35-15-20(25(39-26)45-2)16-8-11-23(22(31)12-16)37-27(41)38-24-13-17(29(32,33)34)9-10-21(24)30/h5-15H,4H2,1-3H3,(H,35,36,39)(H2,37,38,41)/t46-/m1/s1. The predicted octanol–water partition coefficient (Wildman–Crippen LogP) is 8.16. The number of carbonyl (C=O) groups is 2. The first-order valence-corrected chi connectivity index (χ1v) is 16.3. The van der Waals surface area contributed by atoms with Gasteiger partial charge in [-0.05, 0) is 67.3 Å². The Labute approximate surface area is 264 Å². The monoisotopic (exact) mass is 680 g/mol. The minimum absolute atomic E-state index is 0.0874. The number of alkyl halides is 3. The smallest absolute Gasteiger partial charge is 0.442 e. The van der Waals surface area contributed by atoms with Crippen molar-refractivity contribution in [2.45, 2.75) is 23.0 Å². The van der Waals surface area contributed by atoms with E-state index in [1.54, 1.807) is 31.4 Å². The van der Waals surface area contributed by atoms with Crippen molar-refractivity contribution < 1.29 is 40.5 Å². The van der Waals surface area contributed by atoms with E-state index < -0.39 is 50.9 Å². The van der Waals surface area contributed by atoms with Crippen molar-refractivity contribution in [2.75, 3.05) is 35.1 Å². The summed E-state index contributed by atoms with van der Waals surface area (Å²) in [5.74, 6) is -1.84. The zero-order valence-corrected chi connectivity index (χ0v) is 25.9. The lowest BCUT2D eigenvalue weighted by atomic mass is 10.1. The third kappa shape index (κ3) is 8.48. The van der Waals surface area contributed by atoms with E-state index in [2.05, 4.69) is 25.0 Å². The summed E-state index contributed by atoms with van der Waals surface area (Å²) in [6.07, 6.45) is -1.21. The molecule has 0 aliphatic rings. The summed E-state index contributed by atoms with van der Waals surface area (Å²) in [7, 11) is -3.10. The predicted molar refractivity (Wildman–Crippen MR) is 165 cm³/mol. The first kappa shape index (κ1) is 34.1. The first-order valence-electron chi connectivity index (χ1n) is 13.1. The van der Waals surface area contributed by atoms with Gasteiger partial charge in [0.25, 0.3) is 0 Å². The molecule has 0 fully saturated rings. The van der Waals surface area contributed by atoms with Crippen molar-refractivity contribution in [3.8, 4) is 11.1 Å². The lowest BCUT2D eigenvalue weighted by Crippen LogP contribution is -2.21. The second-order valence-electron chi connectivity index (χ2n) is 9.33. The highest BCUT2D eigenvalue weighted by Crippen LogP contribution is 2.33. The van der Waals surface area contributed by atoms with Crippen LogP contribution in [0.1, 0.15) is 12.5 Å². The number of hydrogen-bond acceptors (Lipinski definition) is 8. The van der Waals surface area contributed by atoms with E-state index in [1.165, 1.54) is 42.4 Å². The van der Waals surface area contributed by atoms with E-state index in [-0.39, 0.29) is 23.1 Å². The second kappa shape index (κ2) is 14.1. The number of ether oxygens (including phenoxy) is 1. The quantitative estimate of drug-likeness (QED) is 0.0964. The minimum atomic E-state index is -4.76. The first-order chi connectivity index (χ1) is 21.7. The molecule has 3 N–H and O–H groups in total. The van der Waals surface area contributed by atoms with Gasteiger partial charge in [0.1, 0.15) is 16.7 Å². The number of carbonyl (C=O) groups excluding carboxylic acids is 2. The Morgan fingerprint density at radius 1 is 1.00 bits per heavy atom. The number of anilines is 4. The molecule has 0 spiro atoms. The maximum Gasteiger partial charge on any atom is 0.442 e. The average Bonchev–Trinajstić information content (AvgIpc) is 2.98. The van der Waals surface area contributed by atoms with Gasteiger partial charge in [-0.25, -0.2) is 32.5 Å². The molecule has 1 atom stereocenters. The number of thioether (sulfide) groups is 1. The lowest BCUT2D eigenvalue weighted by molar-refractivity contribution is -0.137. The topological polar surface area (TPSA) is 135 Å². The van der Waals surface area contributed by atoms with Crippen molar-refractivity contribution in [3.63, 3.8) is 0 Å². The van der Waals surface area contributed by atoms with Crippen LogP contribution in [0.25, 0.3) is 11.1 Å². The Balaban J connectivity index is 1.50. The van der Waals surface area contributed by atoms with E-state index in [9.17, 15) is 31.4 Å². The van der Waals surface area contributed by atoms with Crippen LogP contribution in [0.2, 0.25) is 0 Å². The maximum absolute atomic E-state index is 15.0. The summed E-state index contributed by atoms with van der Waals surface area (Å²) in [5, 5.41) is 7.53. The fourth-order valence-electron chi connectivity index (χ4n) is 3.92. The zero-order valence-electron chi connectivity index (χ0n) is 24.2. The van der Waals surface area contributed by atoms with E-state index in [0.717, 1.165) is 6.07 Å². The van der Waals surface area contributed by atoms with Crippen LogP contribution in [-0.2, 0) is 20.6 Å². The third-order valence-electron chi connectivity index (χ3n) is 6.06. The molecule has 4 rings (SSSR count). The molecule has 0 aliphatic heterocycles. The van der Waals surface area contributed by atoms with Crippen LogP contribution < -0.4 is 16.0 Å². The third-order valence-corrected chi connectivity index (χ3v) is 8.39. The van der Waals surface area contributed by atoms with Gasteiger partial charge >= 0.3 is 18.3 Å². The van der Waals surface area contributed by atoms with Gasteiger partial charge in [0, 0.05) is 28.6 Å². The zero-order chi connectivity index (χ0) is 33.6. The molecule has 0 radical (unpaired) electrons. The van der Waals surface area contributed by atoms with Crippen LogP contribution in [-0.4, -0.2) is 45.4 Å². The van der Waals surface area contributed by atoms with Gasteiger partial charge in [0.15, 0.2) is 0 Å². The molecule has 0 aliphatic carbocycles. The maximum atomic E-state index is 15.0. The second-order valence-corrected chi connectivity index (χ2v) is 12.4. The molecule has 0 bridgehead atoms. The highest BCUT2D eigenvalue weighted by Gasteiger charge is 2.31. The minimum Gasteiger partial charge on any atom is -0.448 e. The number of nitrogens with zero attached hydrogens (tertiary/aromatic N) is 3. The SMILES string of the molecule is CCOC(=O)N=[S@](C)(=O)c1cccc(Nc2ncc(-c3ccc(NC(=O)Nc4cc(C(F)(F)F)ccc4F)c(F)c3)c(SC)n2)c1. The number of benzene rings is 3. The highest BCUT2D eigenvalue weighted by atomic mass is 32.2. The van der Waals surface area contributed by atoms with Crippen LogP contribution in [0.4, 0.5) is 54.6 Å². The molecule has 0 saturated heterocycles. The number of hydrogen-bond donors (Lipinski definition) is 3. The van der Waals surface area contributed by atoms with Gasteiger partial charge < -0.3 is 20.7 Å². The summed E-state index contributed by atoms with van der Waals surface area (Å²) >= 11 is 1.24. The van der Waals surface area contributed by atoms with Crippen LogP contribution in [0, 0.1) is 11.6 Å². The van der Waals surface area contributed by atoms with Crippen LogP contribution in [0.5, 0.6) is 0 Å². The van der Waals surface area contributed by atoms with Gasteiger partial charge in [-0.3, -0.25) is 0 Å². The molecule has 3 aromatic carbocycles. The molecule has 46 heavy (non-hydrogen) atoms. The number of rotatable bonds is 8. The summed E-state index contributed by atoms with van der Waals surface area (Å²) in [5.41, 5.74) is -0.985. The summed E-state index contributed by atoms with van der Waals surface area (Å²) in [6, 6.07) is 10.5. The Morgan fingerprint density at radius 2 is 1.74 bits per heavy atom. The molecule has 0 unspecified atom stereocenters. The lowest BCUT2D eigenvalue weighted by Gasteiger charge is -2.13. The number of urea groups is 1. The molecular formula is C29H25F5N6O4S2. The normalized spacial score (nSPS) is 12.5. The van der Waals surface area contributed by atoms with E-state index >= 15 is 4.39 Å². The van der Waals surface area contributed by atoms with Gasteiger partial charge in [-0.1, -0.05) is 12.1 Å². The van der Waals surface area contributed by atoms with Crippen molar-refractivity contribution in [1.29, 1.82) is 0 Å². The van der Waals surface area contributed by atoms with Crippen molar-refractivity contribution in [2.24, 2.45) is 4.36 Å². The van der Waals surface area contributed by atoms with Crippen LogP contribution >= 0.6 is 11.8 Å². The molecule has 4 aromatic rings. The van der Waals surface area contributed by atoms with Crippen molar-refractivity contribution >= 4 is 56.6 Å². The van der Waals surface area contributed by atoms with Gasteiger partial charge in [-0.2, -0.15) is 13.2 Å². The molecule has 17 heteroatoms. The Hall–Kier alpha value is -4.77. The molecule has 1 aromatic heterocycles. The van der Waals surface area contributed by atoms with Gasteiger partial charge in [0.05, 0.1) is 33.3 Å². The summed E-state index contributed by atoms with van der Waals surface area (Å²) < 4.78 is 89.3. The summed E-state index contributed by atoms with van der Waals surface area (Å²) in [6.45, 7) is 1.69. The number of nitrogens with one attached hydrogen (secondary N) is 3. The number of amides is 3. The highest BCUT2D eigenvalue weighted by molar-refractivity contribution is 7.98. The van der Waals surface area contributed by atoms with Crippen molar-refractivity contribution in [3.05, 3.63) is 84.1 Å². The fraction of sp³-hybridized carbons (Fsp3) is 0.172. The molecule has 1 heterocycles. The van der Waals surface area contributed by atoms with E-state index in [4.69, 9.17) is 4.74 Å².